The van der Waals surface area contributed by atoms with E-state index in [1.54, 1.807) is 26.0 Å². The van der Waals surface area contributed by atoms with E-state index in [0.29, 0.717) is 16.9 Å². The number of carbonyl (C=O) groups is 2. The fraction of sp³-hybridized carbons (Fsp3) is 0.333. The lowest BCUT2D eigenvalue weighted by atomic mass is 9.96. The molecule has 0 aliphatic rings. The van der Waals surface area contributed by atoms with Crippen molar-refractivity contribution in [3.05, 3.63) is 59.2 Å². The van der Waals surface area contributed by atoms with E-state index in [4.69, 9.17) is 9.47 Å². The van der Waals surface area contributed by atoms with Gasteiger partial charge in [0.25, 0.3) is 0 Å². The van der Waals surface area contributed by atoms with Crippen LogP contribution in [-0.4, -0.2) is 25.2 Å². The Hall–Kier alpha value is -3.02. The van der Waals surface area contributed by atoms with Gasteiger partial charge in [0.15, 0.2) is 5.92 Å². The maximum Gasteiger partial charge on any atom is 0.324 e. The Balaban J connectivity index is 2.47. The lowest BCUT2D eigenvalue weighted by Crippen LogP contribution is -2.26. The molecule has 0 N–H and O–H groups in total. The van der Waals surface area contributed by atoms with Gasteiger partial charge in [0, 0.05) is 5.56 Å². The smallest absolute Gasteiger partial charge is 0.324 e. The number of benzene rings is 2. The number of hydrogen-bond donors (Lipinski definition) is 0. The van der Waals surface area contributed by atoms with Crippen LogP contribution < -0.4 is 0 Å². The van der Waals surface area contributed by atoms with E-state index in [-0.39, 0.29) is 13.2 Å². The van der Waals surface area contributed by atoms with E-state index < -0.39 is 17.9 Å². The standard InChI is InChI=1S/C21H24N2O4/c1-5-26-20(24)19(21(25)27-6-2)17-11-10-15(4)13-18(17)23-22-16-9-7-8-14(3)12-16/h7-13,19H,5-6H2,1-4H3. The van der Waals surface area contributed by atoms with Crippen molar-refractivity contribution >= 4 is 23.3 Å². The normalized spacial score (nSPS) is 11.0. The highest BCUT2D eigenvalue weighted by Gasteiger charge is 2.33. The fourth-order valence-corrected chi connectivity index (χ4v) is 2.59. The van der Waals surface area contributed by atoms with Gasteiger partial charge < -0.3 is 9.47 Å². The van der Waals surface area contributed by atoms with Gasteiger partial charge in [0.05, 0.1) is 24.6 Å². The van der Waals surface area contributed by atoms with Crippen LogP contribution in [0.2, 0.25) is 0 Å². The SMILES string of the molecule is CCOC(=O)C(C(=O)OCC)c1ccc(C)cc1N=Nc1cccc(C)c1. The van der Waals surface area contributed by atoms with Crippen LogP contribution in [0.1, 0.15) is 36.5 Å². The summed E-state index contributed by atoms with van der Waals surface area (Å²) in [6, 6.07) is 12.9. The minimum absolute atomic E-state index is 0.167. The van der Waals surface area contributed by atoms with Crippen molar-refractivity contribution in [1.29, 1.82) is 0 Å². The zero-order chi connectivity index (χ0) is 19.8. The van der Waals surface area contributed by atoms with Crippen LogP contribution in [0.5, 0.6) is 0 Å². The number of carbonyl (C=O) groups excluding carboxylic acids is 2. The monoisotopic (exact) mass is 368 g/mol. The van der Waals surface area contributed by atoms with Crippen LogP contribution >= 0.6 is 0 Å². The number of aryl methyl sites for hydroxylation is 2. The second-order valence-corrected chi connectivity index (χ2v) is 6.04. The molecule has 0 atom stereocenters. The molecule has 0 radical (unpaired) electrons. The highest BCUT2D eigenvalue weighted by Crippen LogP contribution is 2.32. The van der Waals surface area contributed by atoms with Gasteiger partial charge in [-0.2, -0.15) is 10.2 Å². The molecule has 6 heteroatoms. The first-order valence-electron chi connectivity index (χ1n) is 8.88. The van der Waals surface area contributed by atoms with Crippen LogP contribution in [0.3, 0.4) is 0 Å². The Bertz CT molecular complexity index is 828. The second-order valence-electron chi connectivity index (χ2n) is 6.04. The number of ether oxygens (including phenoxy) is 2. The first-order valence-corrected chi connectivity index (χ1v) is 8.88. The van der Waals surface area contributed by atoms with Crippen molar-refractivity contribution in [2.24, 2.45) is 10.2 Å². The van der Waals surface area contributed by atoms with Gasteiger partial charge in [-0.3, -0.25) is 9.59 Å². The summed E-state index contributed by atoms with van der Waals surface area (Å²) in [4.78, 5) is 24.8. The molecule has 0 unspecified atom stereocenters. The largest absolute Gasteiger partial charge is 0.465 e. The van der Waals surface area contributed by atoms with E-state index in [0.717, 1.165) is 11.1 Å². The van der Waals surface area contributed by atoms with E-state index in [9.17, 15) is 9.59 Å². The molecule has 0 aliphatic heterocycles. The van der Waals surface area contributed by atoms with Gasteiger partial charge in [-0.05, 0) is 57.0 Å². The van der Waals surface area contributed by atoms with Crippen molar-refractivity contribution in [2.45, 2.75) is 33.6 Å². The van der Waals surface area contributed by atoms with Crippen molar-refractivity contribution in [3.63, 3.8) is 0 Å². The maximum atomic E-state index is 12.4. The Morgan fingerprint density at radius 3 is 2.11 bits per heavy atom. The third-order valence-corrected chi connectivity index (χ3v) is 3.82. The van der Waals surface area contributed by atoms with Gasteiger partial charge in [-0.25, -0.2) is 0 Å². The Kier molecular flexibility index (Phi) is 7.23. The molecular formula is C21H24N2O4. The average molecular weight is 368 g/mol. The summed E-state index contributed by atoms with van der Waals surface area (Å²) in [5, 5.41) is 8.55. The first-order chi connectivity index (χ1) is 13.0. The van der Waals surface area contributed by atoms with E-state index >= 15 is 0 Å². The molecule has 0 aromatic heterocycles. The number of azo groups is 1. The zero-order valence-corrected chi connectivity index (χ0v) is 16.1. The van der Waals surface area contributed by atoms with Crippen molar-refractivity contribution in [2.75, 3.05) is 13.2 Å². The molecule has 2 aromatic rings. The van der Waals surface area contributed by atoms with Crippen LogP contribution in [0.25, 0.3) is 0 Å². The van der Waals surface area contributed by atoms with E-state index in [1.165, 1.54) is 0 Å². The van der Waals surface area contributed by atoms with E-state index in [2.05, 4.69) is 10.2 Å². The number of nitrogens with zero attached hydrogens (tertiary/aromatic N) is 2. The Morgan fingerprint density at radius 2 is 1.52 bits per heavy atom. The van der Waals surface area contributed by atoms with Crippen molar-refractivity contribution in [1.82, 2.24) is 0 Å². The highest BCUT2D eigenvalue weighted by atomic mass is 16.6. The van der Waals surface area contributed by atoms with Gasteiger partial charge in [-0.1, -0.05) is 24.3 Å². The quantitative estimate of drug-likeness (QED) is 0.394. The lowest BCUT2D eigenvalue weighted by Gasteiger charge is -2.16. The number of rotatable bonds is 7. The van der Waals surface area contributed by atoms with Crippen LogP contribution in [-0.2, 0) is 19.1 Å². The van der Waals surface area contributed by atoms with Gasteiger partial charge in [0.1, 0.15) is 0 Å². The van der Waals surface area contributed by atoms with Crippen LogP contribution in [0, 0.1) is 13.8 Å². The topological polar surface area (TPSA) is 77.3 Å². The molecule has 0 saturated heterocycles. The van der Waals surface area contributed by atoms with Gasteiger partial charge in [0.2, 0.25) is 0 Å². The molecule has 0 aliphatic carbocycles. The molecule has 0 amide bonds. The summed E-state index contributed by atoms with van der Waals surface area (Å²) < 4.78 is 10.2. The molecular weight excluding hydrogens is 344 g/mol. The number of esters is 2. The molecule has 0 saturated carbocycles. The molecule has 0 bridgehead atoms. The third-order valence-electron chi connectivity index (χ3n) is 3.82. The predicted molar refractivity (Wildman–Crippen MR) is 103 cm³/mol. The molecule has 6 nitrogen and oxygen atoms in total. The fourth-order valence-electron chi connectivity index (χ4n) is 2.59. The first kappa shape index (κ1) is 20.3. The van der Waals surface area contributed by atoms with Crippen molar-refractivity contribution < 1.29 is 19.1 Å². The van der Waals surface area contributed by atoms with Crippen LogP contribution in [0.15, 0.2) is 52.7 Å². The second kappa shape index (κ2) is 9.62. The third kappa shape index (κ3) is 5.48. The summed E-state index contributed by atoms with van der Waals surface area (Å²) in [5.74, 6) is -2.52. The van der Waals surface area contributed by atoms with Gasteiger partial charge >= 0.3 is 11.9 Å². The summed E-state index contributed by atoms with van der Waals surface area (Å²) in [5.41, 5.74) is 3.53. The van der Waals surface area contributed by atoms with Crippen LogP contribution in [0.4, 0.5) is 11.4 Å². The summed E-state index contributed by atoms with van der Waals surface area (Å²) in [7, 11) is 0. The maximum absolute atomic E-state index is 12.4. The Morgan fingerprint density at radius 1 is 0.889 bits per heavy atom. The lowest BCUT2D eigenvalue weighted by molar-refractivity contribution is -0.156. The minimum Gasteiger partial charge on any atom is -0.465 e. The Labute approximate surface area is 159 Å². The average Bonchev–Trinajstić information content (AvgIpc) is 2.62. The van der Waals surface area contributed by atoms with Gasteiger partial charge in [-0.15, -0.1) is 0 Å². The predicted octanol–water partition coefficient (Wildman–Crippen LogP) is 4.93. The summed E-state index contributed by atoms with van der Waals surface area (Å²) in [6.45, 7) is 7.58. The molecule has 27 heavy (non-hydrogen) atoms. The van der Waals surface area contributed by atoms with Crippen molar-refractivity contribution in [3.8, 4) is 0 Å². The number of hydrogen-bond acceptors (Lipinski definition) is 6. The van der Waals surface area contributed by atoms with E-state index in [1.807, 2.05) is 44.2 Å². The zero-order valence-electron chi connectivity index (χ0n) is 16.1. The highest BCUT2D eigenvalue weighted by molar-refractivity contribution is 6.02. The molecule has 0 fully saturated rings. The summed E-state index contributed by atoms with van der Waals surface area (Å²) in [6.07, 6.45) is 0. The molecule has 2 rings (SSSR count). The molecule has 0 spiro atoms. The minimum atomic E-state index is -1.20. The molecule has 142 valence electrons. The summed E-state index contributed by atoms with van der Waals surface area (Å²) >= 11 is 0. The molecule has 0 heterocycles. The molecule has 2 aromatic carbocycles.